The summed E-state index contributed by atoms with van der Waals surface area (Å²) >= 11 is 5.09. The molecule has 0 atom stereocenters. The fourth-order valence-electron chi connectivity index (χ4n) is 2.00. The molecular formula is C13H15BrN2OS. The number of hydrogen-bond acceptors (Lipinski definition) is 3. The molecule has 2 aromatic rings. The first-order valence-electron chi connectivity index (χ1n) is 5.97. The van der Waals surface area contributed by atoms with Crippen LogP contribution in [-0.2, 0) is 0 Å². The summed E-state index contributed by atoms with van der Waals surface area (Å²) in [6.07, 6.45) is 4.76. The highest BCUT2D eigenvalue weighted by Gasteiger charge is 2.16. The zero-order valence-electron chi connectivity index (χ0n) is 10.4. The second kappa shape index (κ2) is 5.80. The highest BCUT2D eigenvalue weighted by molar-refractivity contribution is 9.10. The molecule has 0 aliphatic heterocycles. The third-order valence-electron chi connectivity index (χ3n) is 3.07. The maximum atomic E-state index is 11.2. The Bertz CT molecular complexity index is 543. The van der Waals surface area contributed by atoms with Crippen molar-refractivity contribution in [3.05, 3.63) is 27.0 Å². The van der Waals surface area contributed by atoms with Crippen molar-refractivity contribution in [3.8, 4) is 11.3 Å². The average Bonchev–Trinajstić information content (AvgIpc) is 2.96. The monoisotopic (exact) mass is 326 g/mol. The number of aldehydes is 1. The Morgan fingerprint density at radius 1 is 1.44 bits per heavy atom. The van der Waals surface area contributed by atoms with E-state index in [1.54, 1.807) is 11.3 Å². The lowest BCUT2D eigenvalue weighted by Gasteiger charge is -2.12. The van der Waals surface area contributed by atoms with E-state index in [4.69, 9.17) is 0 Å². The number of hydrogen-bond donors (Lipinski definition) is 0. The van der Waals surface area contributed by atoms with E-state index in [1.165, 1.54) is 0 Å². The Balaban J connectivity index is 2.48. The van der Waals surface area contributed by atoms with Crippen molar-refractivity contribution < 1.29 is 4.79 Å². The van der Waals surface area contributed by atoms with Gasteiger partial charge in [-0.1, -0.05) is 13.8 Å². The predicted molar refractivity (Wildman–Crippen MR) is 78.2 cm³/mol. The Kier molecular flexibility index (Phi) is 4.35. The van der Waals surface area contributed by atoms with Crippen molar-refractivity contribution in [2.75, 3.05) is 0 Å². The molecule has 2 rings (SSSR count). The Morgan fingerprint density at radius 3 is 2.67 bits per heavy atom. The topological polar surface area (TPSA) is 34.9 Å². The van der Waals surface area contributed by atoms with Crippen molar-refractivity contribution in [2.45, 2.75) is 32.7 Å². The van der Waals surface area contributed by atoms with Gasteiger partial charge in [0.2, 0.25) is 0 Å². The Morgan fingerprint density at radius 2 is 2.17 bits per heavy atom. The highest BCUT2D eigenvalue weighted by atomic mass is 79.9. The number of thiophene rings is 1. The normalized spacial score (nSPS) is 11.1. The van der Waals surface area contributed by atoms with Gasteiger partial charge in [0.05, 0.1) is 11.6 Å². The van der Waals surface area contributed by atoms with Crippen molar-refractivity contribution in [1.82, 2.24) is 9.78 Å². The van der Waals surface area contributed by atoms with E-state index in [9.17, 15) is 4.79 Å². The third kappa shape index (κ3) is 2.42. The first-order chi connectivity index (χ1) is 8.71. The van der Waals surface area contributed by atoms with Crippen molar-refractivity contribution in [1.29, 1.82) is 0 Å². The lowest BCUT2D eigenvalue weighted by molar-refractivity contribution is 0.112. The molecule has 5 heteroatoms. The Labute approximate surface area is 119 Å². The third-order valence-corrected chi connectivity index (χ3v) is 4.78. The summed E-state index contributed by atoms with van der Waals surface area (Å²) in [4.78, 5) is 11.2. The molecule has 0 aliphatic rings. The molecule has 0 aromatic carbocycles. The second-order valence-corrected chi connectivity index (χ2v) is 5.73. The highest BCUT2D eigenvalue weighted by Crippen LogP contribution is 2.33. The van der Waals surface area contributed by atoms with Gasteiger partial charge in [-0.15, -0.1) is 0 Å². The van der Waals surface area contributed by atoms with Gasteiger partial charge in [0.25, 0.3) is 0 Å². The molecule has 0 saturated carbocycles. The van der Waals surface area contributed by atoms with E-state index in [0.717, 1.165) is 34.9 Å². The maximum Gasteiger partial charge on any atom is 0.153 e. The summed E-state index contributed by atoms with van der Waals surface area (Å²) in [7, 11) is 0. The molecule has 0 saturated heterocycles. The number of rotatable bonds is 5. The summed E-state index contributed by atoms with van der Waals surface area (Å²) in [5, 5.41) is 8.60. The van der Waals surface area contributed by atoms with Crippen LogP contribution < -0.4 is 0 Å². The van der Waals surface area contributed by atoms with Gasteiger partial charge in [0, 0.05) is 27.0 Å². The molecule has 0 aliphatic carbocycles. The molecule has 0 bridgehead atoms. The predicted octanol–water partition coefficient (Wildman–Crippen LogP) is 4.55. The van der Waals surface area contributed by atoms with Crippen molar-refractivity contribution >= 4 is 33.6 Å². The van der Waals surface area contributed by atoms with Crippen LogP contribution in [-0.4, -0.2) is 16.1 Å². The number of nitrogens with zero attached hydrogens (tertiary/aromatic N) is 2. The van der Waals surface area contributed by atoms with Crippen LogP contribution in [0.25, 0.3) is 11.3 Å². The molecule has 2 aromatic heterocycles. The van der Waals surface area contributed by atoms with Crippen LogP contribution in [0.2, 0.25) is 0 Å². The minimum atomic E-state index is 0.356. The van der Waals surface area contributed by atoms with Gasteiger partial charge in [-0.2, -0.15) is 16.4 Å². The van der Waals surface area contributed by atoms with Gasteiger partial charge in [0.15, 0.2) is 6.29 Å². The lowest BCUT2D eigenvalue weighted by Crippen LogP contribution is -2.07. The molecule has 96 valence electrons. The van der Waals surface area contributed by atoms with Crippen LogP contribution in [0.5, 0.6) is 0 Å². The maximum absolute atomic E-state index is 11.2. The summed E-state index contributed by atoms with van der Waals surface area (Å²) in [6.45, 7) is 4.27. The largest absolute Gasteiger partial charge is 0.298 e. The van der Waals surface area contributed by atoms with Gasteiger partial charge in [-0.05, 0) is 28.8 Å². The fraction of sp³-hybridized carbons (Fsp3) is 0.385. The van der Waals surface area contributed by atoms with Gasteiger partial charge in [-0.3, -0.25) is 9.48 Å². The molecule has 18 heavy (non-hydrogen) atoms. The van der Waals surface area contributed by atoms with E-state index in [1.807, 2.05) is 21.6 Å². The quantitative estimate of drug-likeness (QED) is 0.755. The molecule has 0 N–H and O–H groups in total. The Hall–Kier alpha value is -0.940. The zero-order valence-corrected chi connectivity index (χ0v) is 12.8. The molecular weight excluding hydrogens is 312 g/mol. The van der Waals surface area contributed by atoms with Crippen LogP contribution >= 0.6 is 27.3 Å². The van der Waals surface area contributed by atoms with E-state index < -0.39 is 0 Å². The molecule has 3 nitrogen and oxygen atoms in total. The van der Waals surface area contributed by atoms with Crippen molar-refractivity contribution in [3.63, 3.8) is 0 Å². The van der Waals surface area contributed by atoms with Crippen LogP contribution in [0.1, 0.15) is 43.1 Å². The van der Waals surface area contributed by atoms with Gasteiger partial charge < -0.3 is 0 Å². The molecule has 0 amide bonds. The first-order valence-corrected chi connectivity index (χ1v) is 7.71. The van der Waals surface area contributed by atoms with Crippen LogP contribution in [0.3, 0.4) is 0 Å². The zero-order chi connectivity index (χ0) is 13.1. The fourth-order valence-corrected chi connectivity index (χ4v) is 3.47. The van der Waals surface area contributed by atoms with Crippen molar-refractivity contribution in [2.24, 2.45) is 0 Å². The minimum absolute atomic E-state index is 0.356. The van der Waals surface area contributed by atoms with E-state index in [0.29, 0.717) is 11.6 Å². The SMILES string of the molecule is CCC(CC)n1cc(C=O)c(-c2cscc2Br)n1. The number of aromatic nitrogens is 2. The summed E-state index contributed by atoms with van der Waals surface area (Å²) < 4.78 is 2.91. The van der Waals surface area contributed by atoms with E-state index in [2.05, 4.69) is 34.9 Å². The first kappa shape index (κ1) is 13.5. The molecule has 0 fully saturated rings. The lowest BCUT2D eigenvalue weighted by atomic mass is 10.1. The van der Waals surface area contributed by atoms with E-state index >= 15 is 0 Å². The number of carbonyl (C=O) groups is 1. The van der Waals surface area contributed by atoms with Gasteiger partial charge in [0.1, 0.15) is 5.69 Å². The summed E-state index contributed by atoms with van der Waals surface area (Å²) in [5.74, 6) is 0. The molecule has 0 spiro atoms. The van der Waals surface area contributed by atoms with Crippen LogP contribution in [0.4, 0.5) is 0 Å². The number of halogens is 1. The standard InChI is InChI=1S/C13H15BrN2OS/c1-3-10(4-2)16-5-9(6-17)13(15-16)11-7-18-8-12(11)14/h5-8,10H,3-4H2,1-2H3. The number of carbonyl (C=O) groups excluding carboxylic acids is 1. The second-order valence-electron chi connectivity index (χ2n) is 4.13. The average molecular weight is 327 g/mol. The van der Waals surface area contributed by atoms with Gasteiger partial charge >= 0.3 is 0 Å². The van der Waals surface area contributed by atoms with E-state index in [-0.39, 0.29) is 0 Å². The molecule has 2 heterocycles. The van der Waals surface area contributed by atoms with Gasteiger partial charge in [-0.25, -0.2) is 0 Å². The molecule has 0 radical (unpaired) electrons. The minimum Gasteiger partial charge on any atom is -0.298 e. The smallest absolute Gasteiger partial charge is 0.153 e. The summed E-state index contributed by atoms with van der Waals surface area (Å²) in [5.41, 5.74) is 2.41. The molecule has 0 unspecified atom stereocenters. The van der Waals surface area contributed by atoms with Crippen LogP contribution in [0.15, 0.2) is 21.4 Å². The van der Waals surface area contributed by atoms with Crippen LogP contribution in [0, 0.1) is 0 Å². The summed E-state index contributed by atoms with van der Waals surface area (Å²) in [6, 6.07) is 0.356.